The van der Waals surface area contributed by atoms with E-state index in [9.17, 15) is 4.79 Å². The van der Waals surface area contributed by atoms with E-state index in [0.717, 1.165) is 5.56 Å². The topological polar surface area (TPSA) is 57.5 Å². The minimum atomic E-state index is -0.738. The van der Waals surface area contributed by atoms with E-state index in [1.807, 2.05) is 0 Å². The quantitative estimate of drug-likeness (QED) is 0.577. The molecule has 0 saturated carbocycles. The molecule has 3 nitrogen and oxygen atoms in total. The molecule has 0 amide bonds. The summed E-state index contributed by atoms with van der Waals surface area (Å²) >= 11 is 0. The standard InChI is InChI=1S/C8H8O3/c1-5-2-3-6(9)8(11)7(10)4-5/h2-4H,1H3,(H2,9,10,11). The van der Waals surface area contributed by atoms with Crippen LogP contribution in [0.5, 0.6) is 11.5 Å². The van der Waals surface area contributed by atoms with Gasteiger partial charge in [0.05, 0.1) is 0 Å². The summed E-state index contributed by atoms with van der Waals surface area (Å²) in [6.07, 6.45) is 0. The van der Waals surface area contributed by atoms with Gasteiger partial charge in [0.25, 0.3) is 5.43 Å². The Morgan fingerprint density at radius 2 is 1.82 bits per heavy atom. The summed E-state index contributed by atoms with van der Waals surface area (Å²) in [6.45, 7) is 1.72. The molecule has 0 spiro atoms. The van der Waals surface area contributed by atoms with Gasteiger partial charge >= 0.3 is 0 Å². The molecule has 3 heteroatoms. The summed E-state index contributed by atoms with van der Waals surface area (Å²) in [5.41, 5.74) is -0.0157. The van der Waals surface area contributed by atoms with Gasteiger partial charge in [0.1, 0.15) is 0 Å². The van der Waals surface area contributed by atoms with E-state index in [1.165, 1.54) is 12.1 Å². The Kier molecular flexibility index (Phi) is 1.81. The van der Waals surface area contributed by atoms with Gasteiger partial charge in [0.2, 0.25) is 0 Å². The van der Waals surface area contributed by atoms with Gasteiger partial charge in [-0.3, -0.25) is 4.79 Å². The predicted molar refractivity (Wildman–Crippen MR) is 40.8 cm³/mol. The average molecular weight is 152 g/mol. The molecule has 58 valence electrons. The van der Waals surface area contributed by atoms with E-state index in [2.05, 4.69) is 0 Å². The third kappa shape index (κ3) is 1.49. The number of aryl methyl sites for hydroxylation is 1. The fraction of sp³-hybridized carbons (Fsp3) is 0.125. The molecule has 0 unspecified atom stereocenters. The van der Waals surface area contributed by atoms with Crippen LogP contribution in [-0.2, 0) is 0 Å². The highest BCUT2D eigenvalue weighted by atomic mass is 16.3. The summed E-state index contributed by atoms with van der Waals surface area (Å²) < 4.78 is 0. The van der Waals surface area contributed by atoms with Gasteiger partial charge in [0.15, 0.2) is 11.5 Å². The van der Waals surface area contributed by atoms with Crippen molar-refractivity contribution < 1.29 is 10.2 Å². The number of rotatable bonds is 0. The van der Waals surface area contributed by atoms with E-state index in [1.54, 1.807) is 13.0 Å². The Hall–Kier alpha value is -1.51. The minimum Gasteiger partial charge on any atom is -0.504 e. The smallest absolute Gasteiger partial charge is 0.261 e. The highest BCUT2D eigenvalue weighted by Gasteiger charge is 1.99. The van der Waals surface area contributed by atoms with Crippen LogP contribution < -0.4 is 5.43 Å². The number of hydrogen-bond acceptors (Lipinski definition) is 3. The zero-order valence-electron chi connectivity index (χ0n) is 6.03. The van der Waals surface area contributed by atoms with Crippen LogP contribution in [0.2, 0.25) is 0 Å². The maximum absolute atomic E-state index is 10.8. The van der Waals surface area contributed by atoms with Gasteiger partial charge in [-0.05, 0) is 24.6 Å². The summed E-state index contributed by atoms with van der Waals surface area (Å²) in [5, 5.41) is 17.9. The monoisotopic (exact) mass is 152 g/mol. The molecule has 0 radical (unpaired) electrons. The summed E-state index contributed by atoms with van der Waals surface area (Å²) in [6, 6.07) is 4.12. The third-order valence-electron chi connectivity index (χ3n) is 1.33. The van der Waals surface area contributed by atoms with Gasteiger partial charge < -0.3 is 10.2 Å². The van der Waals surface area contributed by atoms with Crippen LogP contribution in [0.15, 0.2) is 23.0 Å². The molecule has 1 rings (SSSR count). The molecule has 1 aromatic rings. The highest BCUT2D eigenvalue weighted by molar-refractivity contribution is 5.32. The zero-order valence-corrected chi connectivity index (χ0v) is 6.03. The van der Waals surface area contributed by atoms with Crippen LogP contribution >= 0.6 is 0 Å². The van der Waals surface area contributed by atoms with E-state index in [4.69, 9.17) is 10.2 Å². The Labute approximate surface area is 63.6 Å². The second kappa shape index (κ2) is 2.62. The van der Waals surface area contributed by atoms with Crippen LogP contribution in [0.25, 0.3) is 0 Å². The molecule has 0 bridgehead atoms. The second-order valence-electron chi connectivity index (χ2n) is 2.32. The molecule has 0 heterocycles. The predicted octanol–water partition coefficient (Wildman–Crippen LogP) is 0.766. The largest absolute Gasteiger partial charge is 0.504 e. The first-order valence-corrected chi connectivity index (χ1v) is 3.14. The molecule has 0 saturated heterocycles. The van der Waals surface area contributed by atoms with E-state index in [0.29, 0.717) is 0 Å². The lowest BCUT2D eigenvalue weighted by atomic mass is 10.3. The van der Waals surface area contributed by atoms with Crippen molar-refractivity contribution in [1.29, 1.82) is 0 Å². The second-order valence-corrected chi connectivity index (χ2v) is 2.32. The number of aromatic hydroxyl groups is 2. The molecular formula is C8H8O3. The lowest BCUT2D eigenvalue weighted by molar-refractivity contribution is 0.445. The zero-order chi connectivity index (χ0) is 8.43. The van der Waals surface area contributed by atoms with Gasteiger partial charge in [0, 0.05) is 0 Å². The number of hydrogen-bond donors (Lipinski definition) is 2. The van der Waals surface area contributed by atoms with Crippen molar-refractivity contribution in [1.82, 2.24) is 0 Å². The molecule has 11 heavy (non-hydrogen) atoms. The SMILES string of the molecule is Cc1ccc(O)c(=O)c(O)c1. The third-order valence-corrected chi connectivity index (χ3v) is 1.33. The molecular weight excluding hydrogens is 144 g/mol. The molecule has 0 aliphatic heterocycles. The van der Waals surface area contributed by atoms with Crippen molar-refractivity contribution in [2.75, 3.05) is 0 Å². The highest BCUT2D eigenvalue weighted by Crippen LogP contribution is 2.08. The lowest BCUT2D eigenvalue weighted by Crippen LogP contribution is -1.94. The first kappa shape index (κ1) is 7.60. The fourth-order valence-corrected chi connectivity index (χ4v) is 0.747. The first-order valence-electron chi connectivity index (χ1n) is 3.14. The van der Waals surface area contributed by atoms with Crippen LogP contribution in [0, 0.1) is 6.92 Å². The molecule has 0 aliphatic rings. The maximum Gasteiger partial charge on any atom is 0.261 e. The van der Waals surface area contributed by atoms with Crippen LogP contribution in [0.4, 0.5) is 0 Å². The van der Waals surface area contributed by atoms with Crippen LogP contribution in [-0.4, -0.2) is 10.2 Å². The molecule has 0 aromatic heterocycles. The van der Waals surface area contributed by atoms with Gasteiger partial charge in [-0.1, -0.05) is 6.07 Å². The van der Waals surface area contributed by atoms with Gasteiger partial charge in [-0.2, -0.15) is 0 Å². The Morgan fingerprint density at radius 3 is 2.45 bits per heavy atom. The molecule has 1 aromatic carbocycles. The molecule has 0 fully saturated rings. The lowest BCUT2D eigenvalue weighted by Gasteiger charge is -1.82. The maximum atomic E-state index is 10.8. The van der Waals surface area contributed by atoms with Crippen LogP contribution in [0.3, 0.4) is 0 Å². The normalized spacial score (nSPS) is 9.55. The van der Waals surface area contributed by atoms with E-state index >= 15 is 0 Å². The molecule has 0 aliphatic carbocycles. The van der Waals surface area contributed by atoms with Crippen molar-refractivity contribution in [2.24, 2.45) is 0 Å². The Bertz CT molecular complexity index is 331. The molecule has 2 N–H and O–H groups in total. The Morgan fingerprint density at radius 1 is 1.18 bits per heavy atom. The van der Waals surface area contributed by atoms with Crippen molar-refractivity contribution >= 4 is 0 Å². The van der Waals surface area contributed by atoms with Crippen LogP contribution in [0.1, 0.15) is 5.56 Å². The fourth-order valence-electron chi connectivity index (χ4n) is 0.747. The Balaban J connectivity index is 3.57. The van der Waals surface area contributed by atoms with Gasteiger partial charge in [-0.15, -0.1) is 0 Å². The summed E-state index contributed by atoms with van der Waals surface area (Å²) in [4.78, 5) is 10.8. The first-order chi connectivity index (χ1) is 5.11. The average Bonchev–Trinajstić information content (AvgIpc) is 2.05. The minimum absolute atomic E-state index is 0.426. The van der Waals surface area contributed by atoms with Crippen molar-refractivity contribution in [3.8, 4) is 11.5 Å². The molecule has 0 atom stereocenters. The van der Waals surface area contributed by atoms with E-state index < -0.39 is 16.9 Å². The summed E-state index contributed by atoms with van der Waals surface area (Å²) in [7, 11) is 0. The van der Waals surface area contributed by atoms with Gasteiger partial charge in [-0.25, -0.2) is 0 Å². The van der Waals surface area contributed by atoms with Crippen molar-refractivity contribution in [3.05, 3.63) is 34.0 Å². The van der Waals surface area contributed by atoms with Crippen molar-refractivity contribution in [3.63, 3.8) is 0 Å². The van der Waals surface area contributed by atoms with E-state index in [-0.39, 0.29) is 0 Å². The van der Waals surface area contributed by atoms with Crippen molar-refractivity contribution in [2.45, 2.75) is 6.92 Å². The summed E-state index contributed by atoms with van der Waals surface area (Å²) in [5.74, 6) is -0.861.